The van der Waals surface area contributed by atoms with Gasteiger partial charge in [-0.2, -0.15) is 0 Å². The van der Waals surface area contributed by atoms with E-state index >= 15 is 0 Å². The SMILES string of the molecule is CCCS(=O)(=O)NCCCc1nc2c([nH]1)c(=O)n(C)c(=O)n2C. The molecule has 0 aliphatic rings. The Morgan fingerprint density at radius 1 is 1.22 bits per heavy atom. The summed E-state index contributed by atoms with van der Waals surface area (Å²) < 4.78 is 27.9. The Bertz CT molecular complexity index is 922. The molecule has 0 spiro atoms. The average molecular weight is 343 g/mol. The summed E-state index contributed by atoms with van der Waals surface area (Å²) in [4.78, 5) is 31.1. The molecule has 10 heteroatoms. The van der Waals surface area contributed by atoms with E-state index in [-0.39, 0.29) is 11.3 Å². The molecule has 2 aromatic rings. The molecule has 0 bridgehead atoms. The van der Waals surface area contributed by atoms with Crippen LogP contribution in [-0.2, 0) is 30.5 Å². The van der Waals surface area contributed by atoms with Crippen LogP contribution in [0.4, 0.5) is 0 Å². The van der Waals surface area contributed by atoms with Gasteiger partial charge in [-0.25, -0.2) is 22.9 Å². The van der Waals surface area contributed by atoms with Crippen molar-refractivity contribution in [3.05, 3.63) is 26.7 Å². The van der Waals surface area contributed by atoms with E-state index in [1.807, 2.05) is 0 Å². The monoisotopic (exact) mass is 343 g/mol. The maximum absolute atomic E-state index is 12.0. The molecule has 0 aliphatic carbocycles. The maximum atomic E-state index is 12.0. The lowest BCUT2D eigenvalue weighted by Gasteiger charge is -2.04. The van der Waals surface area contributed by atoms with Gasteiger partial charge in [-0.15, -0.1) is 0 Å². The van der Waals surface area contributed by atoms with Gasteiger partial charge in [0.15, 0.2) is 5.65 Å². The van der Waals surface area contributed by atoms with Crippen molar-refractivity contribution >= 4 is 21.2 Å². The third kappa shape index (κ3) is 3.70. The zero-order chi connectivity index (χ0) is 17.2. The van der Waals surface area contributed by atoms with Crippen LogP contribution in [0.15, 0.2) is 9.59 Å². The number of nitrogens with zero attached hydrogens (tertiary/aromatic N) is 3. The van der Waals surface area contributed by atoms with Crippen molar-refractivity contribution < 1.29 is 8.42 Å². The maximum Gasteiger partial charge on any atom is 0.332 e. The van der Waals surface area contributed by atoms with Crippen molar-refractivity contribution in [3.8, 4) is 0 Å². The van der Waals surface area contributed by atoms with Crippen LogP contribution in [-0.4, -0.2) is 39.8 Å². The number of rotatable bonds is 7. The van der Waals surface area contributed by atoms with E-state index in [0.29, 0.717) is 37.3 Å². The van der Waals surface area contributed by atoms with Gasteiger partial charge in [0, 0.05) is 27.1 Å². The first-order valence-corrected chi connectivity index (χ1v) is 9.04. The Balaban J connectivity index is 2.11. The minimum Gasteiger partial charge on any atom is -0.336 e. The third-order valence-corrected chi connectivity index (χ3v) is 5.12. The van der Waals surface area contributed by atoms with E-state index in [2.05, 4.69) is 14.7 Å². The number of hydrogen-bond donors (Lipinski definition) is 2. The van der Waals surface area contributed by atoms with Crippen LogP contribution in [0.25, 0.3) is 11.2 Å². The van der Waals surface area contributed by atoms with Crippen molar-refractivity contribution in [2.75, 3.05) is 12.3 Å². The van der Waals surface area contributed by atoms with Gasteiger partial charge >= 0.3 is 5.69 Å². The Labute approximate surface area is 133 Å². The molecule has 2 N–H and O–H groups in total. The summed E-state index contributed by atoms with van der Waals surface area (Å²) in [7, 11) is -0.256. The molecule has 0 fully saturated rings. The minimum absolute atomic E-state index is 0.107. The van der Waals surface area contributed by atoms with Crippen LogP contribution in [0.1, 0.15) is 25.6 Å². The van der Waals surface area contributed by atoms with E-state index in [1.165, 1.54) is 11.6 Å². The molecule has 2 aromatic heterocycles. The second-order valence-corrected chi connectivity index (χ2v) is 7.33. The highest BCUT2D eigenvalue weighted by Crippen LogP contribution is 2.06. The van der Waals surface area contributed by atoms with Crippen LogP contribution >= 0.6 is 0 Å². The van der Waals surface area contributed by atoms with E-state index in [9.17, 15) is 18.0 Å². The summed E-state index contributed by atoms with van der Waals surface area (Å²) in [5.74, 6) is 0.656. The number of nitrogens with one attached hydrogen (secondary N) is 2. The molecule has 0 aliphatic heterocycles. The molecule has 128 valence electrons. The first kappa shape index (κ1) is 17.4. The zero-order valence-corrected chi connectivity index (χ0v) is 14.2. The Morgan fingerprint density at radius 3 is 2.57 bits per heavy atom. The average Bonchev–Trinajstić information content (AvgIpc) is 2.92. The number of fused-ring (bicyclic) bond motifs is 1. The predicted molar refractivity (Wildman–Crippen MR) is 87.0 cm³/mol. The highest BCUT2D eigenvalue weighted by atomic mass is 32.2. The van der Waals surface area contributed by atoms with Gasteiger partial charge in [0.05, 0.1) is 5.75 Å². The fraction of sp³-hybridized carbons (Fsp3) is 0.615. The molecule has 23 heavy (non-hydrogen) atoms. The third-order valence-electron chi connectivity index (χ3n) is 3.53. The number of hydrogen-bond acceptors (Lipinski definition) is 5. The summed E-state index contributed by atoms with van der Waals surface area (Å²) in [6, 6.07) is 0. The number of imidazole rings is 1. The van der Waals surface area contributed by atoms with Crippen LogP contribution in [0, 0.1) is 0 Å². The molecular weight excluding hydrogens is 322 g/mol. The molecule has 0 saturated carbocycles. The summed E-state index contributed by atoms with van der Waals surface area (Å²) >= 11 is 0. The van der Waals surface area contributed by atoms with Crippen LogP contribution in [0.2, 0.25) is 0 Å². The topological polar surface area (TPSA) is 119 Å². The van der Waals surface area contributed by atoms with Gasteiger partial charge in [0.2, 0.25) is 10.0 Å². The van der Waals surface area contributed by atoms with Crippen molar-refractivity contribution in [1.82, 2.24) is 23.8 Å². The van der Waals surface area contributed by atoms with Crippen molar-refractivity contribution in [3.63, 3.8) is 0 Å². The number of aromatic amines is 1. The van der Waals surface area contributed by atoms with E-state index < -0.39 is 21.3 Å². The lowest BCUT2D eigenvalue weighted by molar-refractivity contribution is 0.577. The minimum atomic E-state index is -3.21. The highest BCUT2D eigenvalue weighted by molar-refractivity contribution is 7.89. The number of H-pyrrole nitrogens is 1. The lowest BCUT2D eigenvalue weighted by Crippen LogP contribution is -2.36. The lowest BCUT2D eigenvalue weighted by atomic mass is 10.3. The van der Waals surface area contributed by atoms with E-state index in [4.69, 9.17) is 0 Å². The summed E-state index contributed by atoms with van der Waals surface area (Å²) in [6.45, 7) is 2.11. The largest absolute Gasteiger partial charge is 0.336 e. The molecule has 0 unspecified atom stereocenters. The van der Waals surface area contributed by atoms with Crippen LogP contribution in [0.3, 0.4) is 0 Å². The van der Waals surface area contributed by atoms with Crippen molar-refractivity contribution in [2.45, 2.75) is 26.2 Å². The molecule has 2 rings (SSSR count). The van der Waals surface area contributed by atoms with Gasteiger partial charge in [0.1, 0.15) is 11.3 Å². The van der Waals surface area contributed by atoms with Crippen molar-refractivity contribution in [1.29, 1.82) is 0 Å². The second-order valence-electron chi connectivity index (χ2n) is 5.40. The van der Waals surface area contributed by atoms with E-state index in [1.54, 1.807) is 14.0 Å². The van der Waals surface area contributed by atoms with Gasteiger partial charge in [0.25, 0.3) is 5.56 Å². The number of aromatic nitrogens is 4. The van der Waals surface area contributed by atoms with Gasteiger partial charge in [-0.05, 0) is 12.8 Å². The van der Waals surface area contributed by atoms with Crippen LogP contribution in [0.5, 0.6) is 0 Å². The molecular formula is C13H21N5O4S. The Kier molecular flexibility index (Phi) is 5.05. The standard InChI is InChI=1S/C13H21N5O4S/c1-4-8-23(21,22)14-7-5-6-9-15-10-11(16-9)17(2)13(20)18(3)12(10)19/h14H,4-8H2,1-3H3,(H,15,16). The quantitative estimate of drug-likeness (QED) is 0.639. The van der Waals surface area contributed by atoms with Gasteiger partial charge in [-0.3, -0.25) is 13.9 Å². The Hall–Kier alpha value is -1.94. The van der Waals surface area contributed by atoms with Gasteiger partial charge < -0.3 is 4.98 Å². The fourth-order valence-corrected chi connectivity index (χ4v) is 3.45. The summed E-state index contributed by atoms with van der Waals surface area (Å²) in [5, 5.41) is 0. The molecule has 0 saturated heterocycles. The highest BCUT2D eigenvalue weighted by Gasteiger charge is 2.13. The fourth-order valence-electron chi connectivity index (χ4n) is 2.32. The number of sulfonamides is 1. The molecule has 2 heterocycles. The van der Waals surface area contributed by atoms with Gasteiger partial charge in [-0.1, -0.05) is 6.92 Å². The summed E-state index contributed by atoms with van der Waals surface area (Å²) in [5.41, 5.74) is -0.283. The zero-order valence-electron chi connectivity index (χ0n) is 13.4. The molecule has 0 radical (unpaired) electrons. The molecule has 0 amide bonds. The molecule has 0 atom stereocenters. The second kappa shape index (κ2) is 6.67. The normalized spacial score (nSPS) is 12.1. The summed E-state index contributed by atoms with van der Waals surface area (Å²) in [6.07, 6.45) is 1.58. The first-order valence-electron chi connectivity index (χ1n) is 7.38. The Morgan fingerprint density at radius 2 is 1.91 bits per heavy atom. The molecule has 0 aromatic carbocycles. The van der Waals surface area contributed by atoms with E-state index in [0.717, 1.165) is 4.57 Å². The van der Waals surface area contributed by atoms with Crippen molar-refractivity contribution in [2.24, 2.45) is 14.1 Å². The predicted octanol–water partition coefficient (Wildman–Crippen LogP) is -0.778. The number of aryl methyl sites for hydroxylation is 2. The van der Waals surface area contributed by atoms with Crippen LogP contribution < -0.4 is 16.0 Å². The molecule has 9 nitrogen and oxygen atoms in total. The smallest absolute Gasteiger partial charge is 0.332 e. The first-order chi connectivity index (χ1) is 10.8.